The Labute approximate surface area is 105 Å². The van der Waals surface area contributed by atoms with Gasteiger partial charge in [0.2, 0.25) is 5.91 Å². The maximum Gasteiger partial charge on any atom is 0.217 e. The first kappa shape index (κ1) is 11.1. The number of H-pyrrole nitrogens is 1. The SMILES string of the molecule is COc1ccc2[nH]cc3c2c1CC[C@H]3NC(C)=O. The number of carbonyl (C=O) groups is 1. The Kier molecular flexibility index (Phi) is 2.51. The average molecular weight is 244 g/mol. The number of aromatic amines is 1. The Morgan fingerprint density at radius 1 is 1.50 bits per heavy atom. The van der Waals surface area contributed by atoms with Crippen LogP contribution < -0.4 is 10.1 Å². The Morgan fingerprint density at radius 2 is 2.33 bits per heavy atom. The summed E-state index contributed by atoms with van der Waals surface area (Å²) in [5.74, 6) is 0.949. The number of hydrogen-bond donors (Lipinski definition) is 2. The van der Waals surface area contributed by atoms with Gasteiger partial charge in [0.15, 0.2) is 0 Å². The highest BCUT2D eigenvalue weighted by molar-refractivity contribution is 5.90. The highest BCUT2D eigenvalue weighted by atomic mass is 16.5. The molecule has 4 nitrogen and oxygen atoms in total. The van der Waals surface area contributed by atoms with Crippen molar-refractivity contribution in [1.29, 1.82) is 0 Å². The van der Waals surface area contributed by atoms with E-state index < -0.39 is 0 Å². The Morgan fingerprint density at radius 3 is 3.06 bits per heavy atom. The third-order valence-electron chi connectivity index (χ3n) is 3.60. The van der Waals surface area contributed by atoms with E-state index >= 15 is 0 Å². The monoisotopic (exact) mass is 244 g/mol. The zero-order valence-electron chi connectivity index (χ0n) is 10.5. The molecule has 2 aromatic rings. The van der Waals surface area contributed by atoms with Crippen molar-refractivity contribution in [1.82, 2.24) is 10.3 Å². The molecule has 1 amide bonds. The van der Waals surface area contributed by atoms with E-state index in [2.05, 4.69) is 10.3 Å². The van der Waals surface area contributed by atoms with E-state index in [1.807, 2.05) is 18.3 Å². The number of carbonyl (C=O) groups excluding carboxylic acids is 1. The largest absolute Gasteiger partial charge is 0.496 e. The van der Waals surface area contributed by atoms with Crippen LogP contribution in [0.1, 0.15) is 30.5 Å². The molecule has 1 aliphatic rings. The summed E-state index contributed by atoms with van der Waals surface area (Å²) >= 11 is 0. The Bertz CT molecular complexity index is 616. The number of hydrogen-bond acceptors (Lipinski definition) is 2. The summed E-state index contributed by atoms with van der Waals surface area (Å²) in [6.45, 7) is 1.56. The lowest BCUT2D eigenvalue weighted by Gasteiger charge is -2.24. The zero-order valence-corrected chi connectivity index (χ0v) is 10.5. The second-order valence-corrected chi connectivity index (χ2v) is 4.70. The summed E-state index contributed by atoms with van der Waals surface area (Å²) in [5, 5.41) is 4.21. The number of aromatic nitrogens is 1. The van der Waals surface area contributed by atoms with Crippen molar-refractivity contribution in [3.05, 3.63) is 29.5 Å². The highest BCUT2D eigenvalue weighted by Gasteiger charge is 2.25. The van der Waals surface area contributed by atoms with Gasteiger partial charge in [-0.05, 0) is 25.0 Å². The van der Waals surface area contributed by atoms with E-state index in [-0.39, 0.29) is 11.9 Å². The lowest BCUT2D eigenvalue weighted by Crippen LogP contribution is -2.28. The fraction of sp³-hybridized carbons (Fsp3) is 0.357. The molecule has 1 aromatic carbocycles. The Balaban J connectivity index is 2.16. The number of rotatable bonds is 2. The van der Waals surface area contributed by atoms with Gasteiger partial charge in [-0.15, -0.1) is 0 Å². The van der Waals surface area contributed by atoms with Crippen LogP contribution >= 0.6 is 0 Å². The molecule has 0 saturated heterocycles. The summed E-state index contributed by atoms with van der Waals surface area (Å²) < 4.78 is 5.42. The summed E-state index contributed by atoms with van der Waals surface area (Å²) in [5.41, 5.74) is 3.52. The van der Waals surface area contributed by atoms with Crippen LogP contribution in [0, 0.1) is 0 Å². The van der Waals surface area contributed by atoms with Gasteiger partial charge in [0.1, 0.15) is 5.75 Å². The summed E-state index contributed by atoms with van der Waals surface area (Å²) in [7, 11) is 1.70. The van der Waals surface area contributed by atoms with Gasteiger partial charge in [0.25, 0.3) is 0 Å². The topological polar surface area (TPSA) is 54.1 Å². The molecular weight excluding hydrogens is 228 g/mol. The molecule has 0 bridgehead atoms. The minimum atomic E-state index is 0.0145. The van der Waals surface area contributed by atoms with Gasteiger partial charge < -0.3 is 15.0 Å². The molecule has 0 aliphatic heterocycles. The molecule has 0 spiro atoms. The fourth-order valence-corrected chi connectivity index (χ4v) is 2.86. The van der Waals surface area contributed by atoms with Crippen molar-refractivity contribution >= 4 is 16.8 Å². The molecular formula is C14H16N2O2. The quantitative estimate of drug-likeness (QED) is 0.851. The molecule has 2 N–H and O–H groups in total. The zero-order chi connectivity index (χ0) is 12.7. The van der Waals surface area contributed by atoms with Gasteiger partial charge in [-0.3, -0.25) is 4.79 Å². The van der Waals surface area contributed by atoms with Gasteiger partial charge >= 0.3 is 0 Å². The van der Waals surface area contributed by atoms with E-state index in [1.54, 1.807) is 14.0 Å². The Hall–Kier alpha value is -1.97. The maximum atomic E-state index is 11.2. The number of benzene rings is 1. The molecule has 18 heavy (non-hydrogen) atoms. The molecule has 0 saturated carbocycles. The van der Waals surface area contributed by atoms with Crippen LogP contribution in [0.15, 0.2) is 18.3 Å². The molecule has 0 fully saturated rings. The van der Waals surface area contributed by atoms with Crippen molar-refractivity contribution < 1.29 is 9.53 Å². The molecule has 1 aliphatic carbocycles. The summed E-state index contributed by atoms with van der Waals surface area (Å²) in [4.78, 5) is 14.5. The van der Waals surface area contributed by atoms with Gasteiger partial charge in [-0.25, -0.2) is 0 Å². The van der Waals surface area contributed by atoms with E-state index in [9.17, 15) is 4.79 Å². The standard InChI is InChI=1S/C14H16N2O2/c1-8(17)16-11-4-3-9-13(18-2)6-5-12-14(9)10(11)7-15-12/h5-7,11,15H,3-4H2,1-2H3,(H,16,17)/t11-/m1/s1. The first-order valence-corrected chi connectivity index (χ1v) is 6.14. The molecule has 0 radical (unpaired) electrons. The van der Waals surface area contributed by atoms with Crippen LogP contribution in [0.25, 0.3) is 10.9 Å². The molecule has 4 heteroatoms. The minimum Gasteiger partial charge on any atom is -0.496 e. The molecule has 3 rings (SSSR count). The van der Waals surface area contributed by atoms with Crippen molar-refractivity contribution in [2.45, 2.75) is 25.8 Å². The van der Waals surface area contributed by atoms with E-state index in [1.165, 1.54) is 16.5 Å². The van der Waals surface area contributed by atoms with E-state index in [0.29, 0.717) is 0 Å². The average Bonchev–Trinajstić information content (AvgIpc) is 2.78. The number of methoxy groups -OCH3 is 1. The predicted molar refractivity (Wildman–Crippen MR) is 69.7 cm³/mol. The lowest BCUT2D eigenvalue weighted by atomic mass is 9.88. The first-order valence-electron chi connectivity index (χ1n) is 6.14. The highest BCUT2D eigenvalue weighted by Crippen LogP contribution is 2.39. The van der Waals surface area contributed by atoms with Crippen LogP contribution in [-0.4, -0.2) is 18.0 Å². The first-order chi connectivity index (χ1) is 8.70. The fourth-order valence-electron chi connectivity index (χ4n) is 2.86. The van der Waals surface area contributed by atoms with Crippen LogP contribution in [-0.2, 0) is 11.2 Å². The minimum absolute atomic E-state index is 0.0145. The number of ether oxygens (including phenoxy) is 1. The van der Waals surface area contributed by atoms with Crippen LogP contribution in [0.5, 0.6) is 5.75 Å². The summed E-state index contributed by atoms with van der Waals surface area (Å²) in [6.07, 6.45) is 3.84. The van der Waals surface area contributed by atoms with Gasteiger partial charge in [0, 0.05) is 35.2 Å². The number of amides is 1. The van der Waals surface area contributed by atoms with E-state index in [4.69, 9.17) is 4.74 Å². The maximum absolute atomic E-state index is 11.2. The lowest BCUT2D eigenvalue weighted by molar-refractivity contribution is -0.119. The molecule has 1 aromatic heterocycles. The summed E-state index contributed by atoms with van der Waals surface area (Å²) in [6, 6.07) is 4.13. The third kappa shape index (κ3) is 1.56. The third-order valence-corrected chi connectivity index (χ3v) is 3.60. The van der Waals surface area contributed by atoms with Crippen LogP contribution in [0.4, 0.5) is 0 Å². The van der Waals surface area contributed by atoms with Gasteiger partial charge in [-0.2, -0.15) is 0 Å². The van der Waals surface area contributed by atoms with Crippen molar-refractivity contribution in [2.75, 3.05) is 7.11 Å². The number of nitrogens with one attached hydrogen (secondary N) is 2. The molecule has 1 heterocycles. The van der Waals surface area contributed by atoms with Crippen molar-refractivity contribution in [3.8, 4) is 5.75 Å². The second kappa shape index (κ2) is 4.05. The number of aryl methyl sites for hydroxylation is 1. The van der Waals surface area contributed by atoms with Gasteiger partial charge in [0.05, 0.1) is 13.2 Å². The van der Waals surface area contributed by atoms with Crippen molar-refractivity contribution in [3.63, 3.8) is 0 Å². The van der Waals surface area contributed by atoms with Crippen LogP contribution in [0.2, 0.25) is 0 Å². The van der Waals surface area contributed by atoms with E-state index in [0.717, 1.165) is 24.1 Å². The molecule has 94 valence electrons. The second-order valence-electron chi connectivity index (χ2n) is 4.70. The van der Waals surface area contributed by atoms with Crippen molar-refractivity contribution in [2.24, 2.45) is 0 Å². The van der Waals surface area contributed by atoms with Gasteiger partial charge in [-0.1, -0.05) is 0 Å². The smallest absolute Gasteiger partial charge is 0.217 e. The van der Waals surface area contributed by atoms with Crippen LogP contribution in [0.3, 0.4) is 0 Å². The normalized spacial score (nSPS) is 17.8. The predicted octanol–water partition coefficient (Wildman–Crippen LogP) is 2.30. The molecule has 0 unspecified atom stereocenters. The molecule has 1 atom stereocenters.